The number of hydrogen-bond acceptors (Lipinski definition) is 3. The zero-order valence-corrected chi connectivity index (χ0v) is 11.6. The highest BCUT2D eigenvalue weighted by molar-refractivity contribution is 5.78. The molecule has 0 aliphatic rings. The first-order chi connectivity index (χ1) is 8.97. The van der Waals surface area contributed by atoms with Crippen LogP contribution in [0.25, 0.3) is 6.08 Å². The summed E-state index contributed by atoms with van der Waals surface area (Å²) >= 11 is 0. The van der Waals surface area contributed by atoms with E-state index in [0.717, 1.165) is 12.6 Å². The fraction of sp³-hybridized carbons (Fsp3) is 0.267. The second kappa shape index (κ2) is 14.2. The molecule has 0 spiro atoms. The highest BCUT2D eigenvalue weighted by Crippen LogP contribution is 1.97. The van der Waals surface area contributed by atoms with E-state index in [1.807, 2.05) is 55.4 Å². The SMILES string of the molecule is C=CC(=O)O.C=Cc1ccccc1.CN(C)CCO. The van der Waals surface area contributed by atoms with Crippen molar-refractivity contribution in [3.05, 3.63) is 55.1 Å². The normalized spacial score (nSPS) is 8.42. The summed E-state index contributed by atoms with van der Waals surface area (Å²) in [5.74, 6) is -0.981. The Bertz CT molecular complexity index is 348. The molecule has 1 rings (SSSR count). The van der Waals surface area contributed by atoms with Crippen LogP contribution in [0.4, 0.5) is 0 Å². The number of aliphatic hydroxyl groups is 1. The molecule has 106 valence electrons. The van der Waals surface area contributed by atoms with Gasteiger partial charge in [0.15, 0.2) is 0 Å². The topological polar surface area (TPSA) is 60.8 Å². The quantitative estimate of drug-likeness (QED) is 0.819. The molecule has 2 N–H and O–H groups in total. The minimum Gasteiger partial charge on any atom is -0.478 e. The van der Waals surface area contributed by atoms with Gasteiger partial charge in [-0.15, -0.1) is 0 Å². The van der Waals surface area contributed by atoms with E-state index >= 15 is 0 Å². The Morgan fingerprint density at radius 3 is 1.89 bits per heavy atom. The van der Waals surface area contributed by atoms with Crippen molar-refractivity contribution in [3.63, 3.8) is 0 Å². The van der Waals surface area contributed by atoms with Crippen molar-refractivity contribution in [2.45, 2.75) is 0 Å². The average Bonchev–Trinajstić information content (AvgIpc) is 2.41. The van der Waals surface area contributed by atoms with Crippen LogP contribution in [0.5, 0.6) is 0 Å². The number of carboxylic acid groups (broad SMARTS) is 1. The van der Waals surface area contributed by atoms with Gasteiger partial charge in [0.1, 0.15) is 0 Å². The fourth-order valence-electron chi connectivity index (χ4n) is 0.789. The Morgan fingerprint density at radius 2 is 1.74 bits per heavy atom. The van der Waals surface area contributed by atoms with Gasteiger partial charge in [0, 0.05) is 12.6 Å². The molecule has 0 aliphatic carbocycles. The summed E-state index contributed by atoms with van der Waals surface area (Å²) in [6.07, 6.45) is 2.67. The minimum atomic E-state index is -0.981. The first-order valence-electron chi connectivity index (χ1n) is 5.76. The summed E-state index contributed by atoms with van der Waals surface area (Å²) in [7, 11) is 3.85. The molecule has 1 aromatic carbocycles. The van der Waals surface area contributed by atoms with E-state index in [1.54, 1.807) is 0 Å². The molecule has 0 heterocycles. The van der Waals surface area contributed by atoms with E-state index in [0.29, 0.717) is 0 Å². The largest absolute Gasteiger partial charge is 0.478 e. The maximum atomic E-state index is 9.25. The highest BCUT2D eigenvalue weighted by Gasteiger charge is 1.80. The van der Waals surface area contributed by atoms with Gasteiger partial charge < -0.3 is 15.1 Å². The lowest BCUT2D eigenvalue weighted by Gasteiger charge is -2.03. The second-order valence-corrected chi connectivity index (χ2v) is 3.68. The van der Waals surface area contributed by atoms with Gasteiger partial charge in [0.2, 0.25) is 0 Å². The summed E-state index contributed by atoms with van der Waals surface area (Å²) < 4.78 is 0. The number of likely N-dealkylation sites (N-methyl/N-ethyl adjacent to an activating group) is 1. The summed E-state index contributed by atoms with van der Waals surface area (Å²) in [4.78, 5) is 11.2. The number of benzene rings is 1. The first-order valence-corrected chi connectivity index (χ1v) is 5.76. The molecule has 0 bridgehead atoms. The molecule has 1 aromatic rings. The monoisotopic (exact) mass is 265 g/mol. The Kier molecular flexibility index (Phi) is 14.5. The third-order valence-electron chi connectivity index (χ3n) is 1.76. The van der Waals surface area contributed by atoms with Gasteiger partial charge in [-0.3, -0.25) is 0 Å². The maximum Gasteiger partial charge on any atom is 0.327 e. The van der Waals surface area contributed by atoms with Crippen molar-refractivity contribution in [3.8, 4) is 0 Å². The van der Waals surface area contributed by atoms with Gasteiger partial charge in [-0.2, -0.15) is 0 Å². The predicted octanol–water partition coefficient (Wildman–Crippen LogP) is 2.13. The van der Waals surface area contributed by atoms with Crippen LogP contribution in [0.1, 0.15) is 5.56 Å². The van der Waals surface area contributed by atoms with Crippen molar-refractivity contribution in [1.29, 1.82) is 0 Å². The van der Waals surface area contributed by atoms with Crippen LogP contribution in [0.15, 0.2) is 49.6 Å². The molecule has 4 heteroatoms. The summed E-state index contributed by atoms with van der Waals surface area (Å²) in [5.41, 5.74) is 1.17. The van der Waals surface area contributed by atoms with Gasteiger partial charge in [-0.1, -0.05) is 49.6 Å². The van der Waals surface area contributed by atoms with Crippen LogP contribution >= 0.6 is 0 Å². The standard InChI is InChI=1S/C8H8.C4H11NO.C3H4O2/c1-2-8-6-4-3-5-7-8;1-5(2)3-4-6;1-2-3(4)5/h2-7H,1H2;6H,3-4H2,1-2H3;2H,1H2,(H,4,5). The Balaban J connectivity index is 0. The second-order valence-electron chi connectivity index (χ2n) is 3.68. The van der Waals surface area contributed by atoms with Gasteiger partial charge >= 0.3 is 5.97 Å². The third kappa shape index (κ3) is 18.6. The Labute approximate surface area is 115 Å². The number of carboxylic acids is 1. The zero-order chi connectivity index (χ0) is 15.1. The number of rotatable bonds is 4. The highest BCUT2D eigenvalue weighted by atomic mass is 16.4. The first kappa shape index (κ1) is 19.4. The van der Waals surface area contributed by atoms with Crippen LogP contribution < -0.4 is 0 Å². The van der Waals surface area contributed by atoms with E-state index in [9.17, 15) is 4.79 Å². The lowest BCUT2D eigenvalue weighted by molar-refractivity contribution is -0.131. The van der Waals surface area contributed by atoms with Crippen LogP contribution in [0.2, 0.25) is 0 Å². The smallest absolute Gasteiger partial charge is 0.327 e. The molecule has 0 saturated heterocycles. The minimum absolute atomic E-state index is 0.257. The molecule has 0 saturated carbocycles. The molecule has 19 heavy (non-hydrogen) atoms. The molecule has 0 atom stereocenters. The van der Waals surface area contributed by atoms with E-state index in [2.05, 4.69) is 13.2 Å². The van der Waals surface area contributed by atoms with Crippen LogP contribution in [0, 0.1) is 0 Å². The van der Waals surface area contributed by atoms with Crippen molar-refractivity contribution in [1.82, 2.24) is 4.90 Å². The lowest BCUT2D eigenvalue weighted by Crippen LogP contribution is -2.15. The number of aliphatic hydroxyl groups excluding tert-OH is 1. The summed E-state index contributed by atoms with van der Waals surface area (Å²) in [5, 5.41) is 15.8. The number of carbonyl (C=O) groups is 1. The van der Waals surface area contributed by atoms with Crippen molar-refractivity contribution in [2.75, 3.05) is 27.2 Å². The summed E-state index contributed by atoms with van der Waals surface area (Å²) in [6.45, 7) is 7.61. The zero-order valence-electron chi connectivity index (χ0n) is 11.6. The number of aliphatic carboxylic acids is 1. The molecular formula is C15H23NO3. The van der Waals surface area contributed by atoms with Crippen molar-refractivity contribution < 1.29 is 15.0 Å². The molecule has 0 aliphatic heterocycles. The maximum absolute atomic E-state index is 9.25. The number of nitrogens with zero attached hydrogens (tertiary/aromatic N) is 1. The van der Waals surface area contributed by atoms with Crippen LogP contribution in [-0.4, -0.2) is 48.3 Å². The Morgan fingerprint density at radius 1 is 1.26 bits per heavy atom. The molecule has 0 amide bonds. The van der Waals surface area contributed by atoms with Crippen LogP contribution in [-0.2, 0) is 4.79 Å². The lowest BCUT2D eigenvalue weighted by atomic mass is 10.2. The number of hydrogen-bond donors (Lipinski definition) is 2. The Hall–Kier alpha value is -1.91. The van der Waals surface area contributed by atoms with E-state index < -0.39 is 5.97 Å². The van der Waals surface area contributed by atoms with Crippen LogP contribution in [0.3, 0.4) is 0 Å². The molecular weight excluding hydrogens is 242 g/mol. The summed E-state index contributed by atoms with van der Waals surface area (Å²) in [6, 6.07) is 10.0. The van der Waals surface area contributed by atoms with E-state index in [1.165, 1.54) is 5.56 Å². The van der Waals surface area contributed by atoms with Crippen molar-refractivity contribution >= 4 is 12.0 Å². The van der Waals surface area contributed by atoms with Gasteiger partial charge in [0.25, 0.3) is 0 Å². The molecule has 0 unspecified atom stereocenters. The van der Waals surface area contributed by atoms with Gasteiger partial charge in [-0.05, 0) is 19.7 Å². The van der Waals surface area contributed by atoms with Gasteiger partial charge in [-0.25, -0.2) is 4.79 Å². The fourth-order valence-corrected chi connectivity index (χ4v) is 0.789. The molecule has 0 radical (unpaired) electrons. The van der Waals surface area contributed by atoms with Crippen molar-refractivity contribution in [2.24, 2.45) is 0 Å². The average molecular weight is 265 g/mol. The van der Waals surface area contributed by atoms with E-state index in [4.69, 9.17) is 10.2 Å². The van der Waals surface area contributed by atoms with Gasteiger partial charge in [0.05, 0.1) is 6.61 Å². The molecule has 0 fully saturated rings. The predicted molar refractivity (Wildman–Crippen MR) is 80.0 cm³/mol. The molecule has 4 nitrogen and oxygen atoms in total. The van der Waals surface area contributed by atoms with E-state index in [-0.39, 0.29) is 6.61 Å². The third-order valence-corrected chi connectivity index (χ3v) is 1.76. The molecule has 0 aromatic heterocycles.